The molecule has 0 saturated heterocycles. The normalized spacial score (nSPS) is 11.8. The molecule has 6 nitrogen and oxygen atoms in total. The summed E-state index contributed by atoms with van der Waals surface area (Å²) >= 11 is 0. The molecule has 7 heteroatoms. The Bertz CT molecular complexity index is 704. The van der Waals surface area contributed by atoms with Crippen LogP contribution in [0.3, 0.4) is 0 Å². The molecule has 1 heterocycles. The van der Waals surface area contributed by atoms with Crippen LogP contribution < -0.4 is 10.6 Å². The number of halogens is 1. The lowest BCUT2D eigenvalue weighted by molar-refractivity contribution is 0.372. The van der Waals surface area contributed by atoms with E-state index in [-0.39, 0.29) is 29.4 Å². The Balaban J connectivity index is 0.00000364. The van der Waals surface area contributed by atoms with Crippen LogP contribution in [0, 0.1) is 6.92 Å². The molecule has 0 unspecified atom stereocenters. The minimum absolute atomic E-state index is 0. The van der Waals surface area contributed by atoms with Gasteiger partial charge in [0.2, 0.25) is 5.89 Å². The van der Waals surface area contributed by atoms with Gasteiger partial charge in [0.05, 0.1) is 0 Å². The lowest BCUT2D eigenvalue weighted by atomic mass is 9.86. The summed E-state index contributed by atoms with van der Waals surface area (Å²) in [7, 11) is 1.79. The van der Waals surface area contributed by atoms with Crippen molar-refractivity contribution in [1.82, 2.24) is 20.8 Å². The number of hydrogen-bond donors (Lipinski definition) is 2. The molecule has 0 radical (unpaired) electrons. The number of rotatable bonds is 7. The van der Waals surface area contributed by atoms with Crippen molar-refractivity contribution in [3.05, 3.63) is 47.1 Å². The van der Waals surface area contributed by atoms with Crippen molar-refractivity contribution in [3.8, 4) is 0 Å². The zero-order valence-corrected chi connectivity index (χ0v) is 19.3. The number of guanidine groups is 1. The van der Waals surface area contributed by atoms with Crippen molar-refractivity contribution in [3.63, 3.8) is 0 Å². The van der Waals surface area contributed by atoms with Gasteiger partial charge in [0.15, 0.2) is 11.8 Å². The van der Waals surface area contributed by atoms with Crippen LogP contribution in [0.1, 0.15) is 50.0 Å². The number of aromatic nitrogens is 2. The largest absolute Gasteiger partial charge is 0.356 e. The summed E-state index contributed by atoms with van der Waals surface area (Å²) in [6, 6.07) is 8.87. The SMILES string of the molecule is CN=C(NCCCc1nc(C)no1)NCCc1ccc(C(C)(C)C)cc1.I. The second kappa shape index (κ2) is 11.3. The first-order valence-electron chi connectivity index (χ1n) is 9.21. The fraction of sp³-hybridized carbons (Fsp3) is 0.550. The van der Waals surface area contributed by atoms with Gasteiger partial charge in [0, 0.05) is 26.6 Å². The van der Waals surface area contributed by atoms with Crippen molar-refractivity contribution in [1.29, 1.82) is 0 Å². The fourth-order valence-corrected chi connectivity index (χ4v) is 2.61. The van der Waals surface area contributed by atoms with Gasteiger partial charge in [-0.2, -0.15) is 4.98 Å². The van der Waals surface area contributed by atoms with Crippen LogP contribution in [-0.2, 0) is 18.3 Å². The molecule has 0 amide bonds. The van der Waals surface area contributed by atoms with Gasteiger partial charge in [-0.15, -0.1) is 24.0 Å². The summed E-state index contributed by atoms with van der Waals surface area (Å²) in [4.78, 5) is 8.46. The smallest absolute Gasteiger partial charge is 0.226 e. The molecule has 1 aromatic heterocycles. The molecular weight excluding hydrogens is 453 g/mol. The Labute approximate surface area is 179 Å². The summed E-state index contributed by atoms with van der Waals surface area (Å²) in [6.07, 6.45) is 2.65. The van der Waals surface area contributed by atoms with Gasteiger partial charge in [-0.1, -0.05) is 50.2 Å². The Morgan fingerprint density at radius 3 is 2.30 bits per heavy atom. The quantitative estimate of drug-likeness (QED) is 0.271. The summed E-state index contributed by atoms with van der Waals surface area (Å²) in [6.45, 7) is 10.2. The second-order valence-electron chi connectivity index (χ2n) is 7.46. The van der Waals surface area contributed by atoms with Crippen LogP contribution in [0.5, 0.6) is 0 Å². The van der Waals surface area contributed by atoms with Gasteiger partial charge in [-0.05, 0) is 36.3 Å². The predicted octanol–water partition coefficient (Wildman–Crippen LogP) is 3.63. The van der Waals surface area contributed by atoms with E-state index in [9.17, 15) is 0 Å². The summed E-state index contributed by atoms with van der Waals surface area (Å²) in [5.41, 5.74) is 2.89. The highest BCUT2D eigenvalue weighted by Crippen LogP contribution is 2.22. The maximum absolute atomic E-state index is 5.11. The molecular formula is C20H32IN5O. The van der Waals surface area contributed by atoms with E-state index in [1.807, 2.05) is 6.92 Å². The zero-order chi connectivity index (χ0) is 19.0. The second-order valence-corrected chi connectivity index (χ2v) is 7.46. The number of aryl methyl sites for hydroxylation is 2. The van der Waals surface area contributed by atoms with Crippen molar-refractivity contribution >= 4 is 29.9 Å². The third kappa shape index (κ3) is 8.28. The van der Waals surface area contributed by atoms with Crippen molar-refractivity contribution in [2.45, 2.75) is 52.4 Å². The lowest BCUT2D eigenvalue weighted by Crippen LogP contribution is -2.38. The number of aliphatic imine (C=N–C) groups is 1. The van der Waals surface area contributed by atoms with Crippen LogP contribution in [0.4, 0.5) is 0 Å². The Morgan fingerprint density at radius 1 is 1.07 bits per heavy atom. The molecule has 0 aliphatic rings. The minimum atomic E-state index is 0. The number of nitrogens with one attached hydrogen (secondary N) is 2. The van der Waals surface area contributed by atoms with Gasteiger partial charge >= 0.3 is 0 Å². The molecule has 0 aliphatic heterocycles. The van der Waals surface area contributed by atoms with E-state index in [0.29, 0.717) is 11.7 Å². The molecule has 0 atom stereocenters. The first-order chi connectivity index (χ1) is 12.4. The zero-order valence-electron chi connectivity index (χ0n) is 17.0. The van der Waals surface area contributed by atoms with Gasteiger partial charge in [-0.25, -0.2) is 0 Å². The molecule has 2 aromatic rings. The molecule has 0 fully saturated rings. The topological polar surface area (TPSA) is 75.3 Å². The van der Waals surface area contributed by atoms with Crippen LogP contribution in [0.15, 0.2) is 33.8 Å². The van der Waals surface area contributed by atoms with Gasteiger partial charge < -0.3 is 15.2 Å². The summed E-state index contributed by atoms with van der Waals surface area (Å²) in [5, 5.41) is 10.5. The highest BCUT2D eigenvalue weighted by atomic mass is 127. The summed E-state index contributed by atoms with van der Waals surface area (Å²) < 4.78 is 5.11. The molecule has 1 aromatic carbocycles. The highest BCUT2D eigenvalue weighted by Gasteiger charge is 2.12. The Hall–Kier alpha value is -1.64. The average molecular weight is 485 g/mol. The highest BCUT2D eigenvalue weighted by molar-refractivity contribution is 14.0. The van der Waals surface area contributed by atoms with Crippen LogP contribution >= 0.6 is 24.0 Å². The van der Waals surface area contributed by atoms with E-state index in [1.54, 1.807) is 7.05 Å². The third-order valence-corrected chi connectivity index (χ3v) is 4.18. The van der Waals surface area contributed by atoms with E-state index in [4.69, 9.17) is 4.52 Å². The molecule has 2 rings (SSSR count). The van der Waals surface area contributed by atoms with Crippen LogP contribution in [0.25, 0.3) is 0 Å². The maximum Gasteiger partial charge on any atom is 0.226 e. The lowest BCUT2D eigenvalue weighted by Gasteiger charge is -2.19. The van der Waals surface area contributed by atoms with Crippen LogP contribution in [0.2, 0.25) is 0 Å². The Morgan fingerprint density at radius 2 is 1.74 bits per heavy atom. The van der Waals surface area contributed by atoms with E-state index in [0.717, 1.165) is 38.3 Å². The van der Waals surface area contributed by atoms with Gasteiger partial charge in [0.1, 0.15) is 0 Å². The third-order valence-electron chi connectivity index (χ3n) is 4.18. The average Bonchev–Trinajstić information content (AvgIpc) is 3.02. The van der Waals surface area contributed by atoms with Crippen LogP contribution in [-0.4, -0.2) is 36.2 Å². The van der Waals surface area contributed by atoms with E-state index in [2.05, 4.69) is 70.8 Å². The first kappa shape index (κ1) is 23.4. The van der Waals surface area contributed by atoms with E-state index in [1.165, 1.54) is 11.1 Å². The first-order valence-corrected chi connectivity index (χ1v) is 9.21. The van der Waals surface area contributed by atoms with Gasteiger partial charge in [0.25, 0.3) is 0 Å². The van der Waals surface area contributed by atoms with Gasteiger partial charge in [-0.3, -0.25) is 4.99 Å². The molecule has 0 aliphatic carbocycles. The number of nitrogens with zero attached hydrogens (tertiary/aromatic N) is 3. The number of hydrogen-bond acceptors (Lipinski definition) is 4. The van der Waals surface area contributed by atoms with Crippen molar-refractivity contribution in [2.75, 3.05) is 20.1 Å². The van der Waals surface area contributed by atoms with E-state index < -0.39 is 0 Å². The summed E-state index contributed by atoms with van der Waals surface area (Å²) in [5.74, 6) is 2.19. The molecule has 0 spiro atoms. The predicted molar refractivity (Wildman–Crippen MR) is 121 cm³/mol. The number of benzene rings is 1. The minimum Gasteiger partial charge on any atom is -0.356 e. The van der Waals surface area contributed by atoms with Crippen molar-refractivity contribution in [2.24, 2.45) is 4.99 Å². The maximum atomic E-state index is 5.11. The molecule has 150 valence electrons. The van der Waals surface area contributed by atoms with Crippen molar-refractivity contribution < 1.29 is 4.52 Å². The molecule has 0 saturated carbocycles. The molecule has 27 heavy (non-hydrogen) atoms. The Kier molecular flexibility index (Phi) is 9.76. The fourth-order valence-electron chi connectivity index (χ4n) is 2.61. The standard InChI is InChI=1S/C20H31N5O.HI/c1-15-24-18(26-25-15)7-6-13-22-19(21-5)23-14-12-16-8-10-17(11-9-16)20(2,3)4;/h8-11H,6-7,12-14H2,1-5H3,(H2,21,22,23);1H. The molecule has 0 bridgehead atoms. The monoisotopic (exact) mass is 485 g/mol. The molecule has 2 N–H and O–H groups in total. The van der Waals surface area contributed by atoms with E-state index >= 15 is 0 Å².